The Bertz CT molecular complexity index is 713. The van der Waals surface area contributed by atoms with Gasteiger partial charge in [-0.15, -0.1) is 0 Å². The molecule has 5 heteroatoms. The first-order chi connectivity index (χ1) is 12.0. The van der Waals surface area contributed by atoms with E-state index in [0.717, 1.165) is 5.56 Å². The van der Waals surface area contributed by atoms with E-state index in [1.165, 1.54) is 0 Å². The summed E-state index contributed by atoms with van der Waals surface area (Å²) in [5.74, 6) is 1.05. The molecule has 2 rings (SSSR count). The van der Waals surface area contributed by atoms with E-state index in [1.54, 1.807) is 31.4 Å². The van der Waals surface area contributed by atoms with Crippen molar-refractivity contribution in [2.24, 2.45) is 5.92 Å². The summed E-state index contributed by atoms with van der Waals surface area (Å²) in [6, 6.07) is 12.8. The van der Waals surface area contributed by atoms with Gasteiger partial charge in [0, 0.05) is 16.8 Å². The van der Waals surface area contributed by atoms with E-state index >= 15 is 0 Å². The maximum Gasteiger partial charge on any atom is 0.232 e. The fourth-order valence-electron chi connectivity index (χ4n) is 2.75. The van der Waals surface area contributed by atoms with Crippen molar-refractivity contribution >= 4 is 23.2 Å². The topological polar surface area (TPSA) is 47.6 Å². The number of benzene rings is 2. The second-order valence-electron chi connectivity index (χ2n) is 6.06. The lowest BCUT2D eigenvalue weighted by molar-refractivity contribution is -0.118. The van der Waals surface area contributed by atoms with Crippen LogP contribution in [0.15, 0.2) is 42.5 Å². The molecule has 0 saturated heterocycles. The minimum Gasteiger partial charge on any atom is -0.493 e. The number of halogens is 1. The van der Waals surface area contributed by atoms with Crippen molar-refractivity contribution in [1.29, 1.82) is 0 Å². The average molecular weight is 362 g/mol. The van der Waals surface area contributed by atoms with Gasteiger partial charge in [-0.05, 0) is 42.7 Å². The molecule has 0 saturated carbocycles. The van der Waals surface area contributed by atoms with Gasteiger partial charge in [0.2, 0.25) is 5.91 Å². The Morgan fingerprint density at radius 2 is 1.80 bits per heavy atom. The number of methoxy groups -OCH3 is 1. The van der Waals surface area contributed by atoms with E-state index in [4.69, 9.17) is 21.1 Å². The van der Waals surface area contributed by atoms with Gasteiger partial charge in [-0.2, -0.15) is 0 Å². The van der Waals surface area contributed by atoms with Crippen LogP contribution in [0.4, 0.5) is 5.69 Å². The van der Waals surface area contributed by atoms with Gasteiger partial charge in [-0.3, -0.25) is 4.79 Å². The Morgan fingerprint density at radius 3 is 2.36 bits per heavy atom. The number of rotatable bonds is 7. The zero-order valence-corrected chi connectivity index (χ0v) is 15.8. The zero-order chi connectivity index (χ0) is 18.4. The van der Waals surface area contributed by atoms with Crippen LogP contribution >= 0.6 is 11.6 Å². The monoisotopic (exact) mass is 361 g/mol. The van der Waals surface area contributed by atoms with E-state index in [-0.39, 0.29) is 17.7 Å². The molecule has 0 unspecified atom stereocenters. The molecule has 0 spiro atoms. The Kier molecular flexibility index (Phi) is 6.71. The van der Waals surface area contributed by atoms with Crippen LogP contribution in [0.2, 0.25) is 5.02 Å². The first kappa shape index (κ1) is 19.1. The van der Waals surface area contributed by atoms with Crippen molar-refractivity contribution < 1.29 is 14.3 Å². The SMILES string of the molecule is CCOc1ccc(NC(=O)[C@@H](c2ccc(Cl)cc2)C(C)C)cc1OC. The van der Waals surface area contributed by atoms with E-state index in [2.05, 4.69) is 5.32 Å². The van der Waals surface area contributed by atoms with E-state index in [0.29, 0.717) is 28.8 Å². The fourth-order valence-corrected chi connectivity index (χ4v) is 2.88. The predicted molar refractivity (Wildman–Crippen MR) is 102 cm³/mol. The van der Waals surface area contributed by atoms with Crippen LogP contribution < -0.4 is 14.8 Å². The Balaban J connectivity index is 2.22. The van der Waals surface area contributed by atoms with Crippen molar-refractivity contribution in [3.8, 4) is 11.5 Å². The highest BCUT2D eigenvalue weighted by Crippen LogP contribution is 2.32. The molecule has 134 valence electrons. The summed E-state index contributed by atoms with van der Waals surface area (Å²) in [6.45, 7) is 6.51. The van der Waals surface area contributed by atoms with E-state index in [1.807, 2.05) is 39.0 Å². The summed E-state index contributed by atoms with van der Waals surface area (Å²) in [7, 11) is 1.58. The minimum atomic E-state index is -0.269. The van der Waals surface area contributed by atoms with Gasteiger partial charge < -0.3 is 14.8 Å². The molecule has 0 heterocycles. The van der Waals surface area contributed by atoms with E-state index in [9.17, 15) is 4.79 Å². The van der Waals surface area contributed by atoms with Gasteiger partial charge in [0.25, 0.3) is 0 Å². The lowest BCUT2D eigenvalue weighted by Crippen LogP contribution is -2.25. The zero-order valence-electron chi connectivity index (χ0n) is 15.0. The number of carbonyl (C=O) groups is 1. The summed E-state index contributed by atoms with van der Waals surface area (Å²) < 4.78 is 10.8. The van der Waals surface area contributed by atoms with Crippen LogP contribution in [0, 0.1) is 5.92 Å². The third-order valence-electron chi connectivity index (χ3n) is 3.91. The summed E-state index contributed by atoms with van der Waals surface area (Å²) in [6.07, 6.45) is 0. The van der Waals surface area contributed by atoms with Gasteiger partial charge in [-0.25, -0.2) is 0 Å². The quantitative estimate of drug-likeness (QED) is 0.744. The van der Waals surface area contributed by atoms with Crippen LogP contribution in [0.1, 0.15) is 32.3 Å². The lowest BCUT2D eigenvalue weighted by atomic mass is 9.87. The van der Waals surface area contributed by atoms with Crippen molar-refractivity contribution in [2.75, 3.05) is 19.0 Å². The molecular weight excluding hydrogens is 338 g/mol. The maximum absolute atomic E-state index is 12.8. The largest absolute Gasteiger partial charge is 0.493 e. The summed E-state index contributed by atoms with van der Waals surface area (Å²) >= 11 is 5.95. The predicted octanol–water partition coefficient (Wildman–Crippen LogP) is 5.13. The molecule has 1 N–H and O–H groups in total. The van der Waals surface area contributed by atoms with Crippen molar-refractivity contribution in [3.05, 3.63) is 53.1 Å². The maximum atomic E-state index is 12.8. The Morgan fingerprint density at radius 1 is 1.12 bits per heavy atom. The minimum absolute atomic E-state index is 0.0662. The Labute approximate surface area is 154 Å². The fraction of sp³-hybridized carbons (Fsp3) is 0.350. The molecule has 0 aliphatic heterocycles. The third-order valence-corrected chi connectivity index (χ3v) is 4.16. The molecule has 2 aromatic carbocycles. The van der Waals surface area contributed by atoms with Crippen LogP contribution in [-0.4, -0.2) is 19.6 Å². The number of amides is 1. The highest BCUT2D eigenvalue weighted by atomic mass is 35.5. The van der Waals surface area contributed by atoms with Crippen molar-refractivity contribution in [2.45, 2.75) is 26.7 Å². The van der Waals surface area contributed by atoms with Crippen LogP contribution in [-0.2, 0) is 4.79 Å². The van der Waals surface area contributed by atoms with Crippen LogP contribution in [0.25, 0.3) is 0 Å². The highest BCUT2D eigenvalue weighted by Gasteiger charge is 2.24. The molecule has 2 aromatic rings. The van der Waals surface area contributed by atoms with Gasteiger partial charge in [0.1, 0.15) is 0 Å². The standard InChI is InChI=1S/C20H24ClNO3/c1-5-25-17-11-10-16(12-18(17)24-4)22-20(23)19(13(2)3)14-6-8-15(21)9-7-14/h6-13,19H,5H2,1-4H3,(H,22,23)/t19-/m1/s1. The molecule has 0 fully saturated rings. The van der Waals surface area contributed by atoms with Crippen molar-refractivity contribution in [3.63, 3.8) is 0 Å². The Hall–Kier alpha value is -2.20. The number of hydrogen-bond acceptors (Lipinski definition) is 3. The normalized spacial score (nSPS) is 11.9. The first-order valence-corrected chi connectivity index (χ1v) is 8.71. The molecule has 0 aromatic heterocycles. The second kappa shape index (κ2) is 8.77. The second-order valence-corrected chi connectivity index (χ2v) is 6.50. The smallest absolute Gasteiger partial charge is 0.232 e. The average Bonchev–Trinajstić information content (AvgIpc) is 2.58. The molecule has 25 heavy (non-hydrogen) atoms. The number of anilines is 1. The van der Waals surface area contributed by atoms with Gasteiger partial charge in [-0.1, -0.05) is 37.6 Å². The van der Waals surface area contributed by atoms with Crippen LogP contribution in [0.5, 0.6) is 11.5 Å². The summed E-state index contributed by atoms with van der Waals surface area (Å²) in [5.41, 5.74) is 1.61. The third kappa shape index (κ3) is 4.89. The first-order valence-electron chi connectivity index (χ1n) is 8.33. The van der Waals surface area contributed by atoms with Gasteiger partial charge in [0.15, 0.2) is 11.5 Å². The molecule has 0 aliphatic rings. The number of ether oxygens (including phenoxy) is 2. The molecule has 1 amide bonds. The number of nitrogens with one attached hydrogen (secondary N) is 1. The molecule has 1 atom stereocenters. The molecule has 0 bridgehead atoms. The van der Waals surface area contributed by atoms with Crippen molar-refractivity contribution in [1.82, 2.24) is 0 Å². The molecule has 0 aliphatic carbocycles. The molecule has 0 radical (unpaired) electrons. The lowest BCUT2D eigenvalue weighted by Gasteiger charge is -2.21. The summed E-state index contributed by atoms with van der Waals surface area (Å²) in [4.78, 5) is 12.8. The summed E-state index contributed by atoms with van der Waals surface area (Å²) in [5, 5.41) is 3.63. The molecule has 4 nitrogen and oxygen atoms in total. The van der Waals surface area contributed by atoms with Gasteiger partial charge in [0.05, 0.1) is 19.6 Å². The van der Waals surface area contributed by atoms with Gasteiger partial charge >= 0.3 is 0 Å². The highest BCUT2D eigenvalue weighted by molar-refractivity contribution is 6.30. The number of carbonyl (C=O) groups excluding carboxylic acids is 1. The van der Waals surface area contributed by atoms with E-state index < -0.39 is 0 Å². The molecular formula is C20H24ClNO3. The van der Waals surface area contributed by atoms with Crippen LogP contribution in [0.3, 0.4) is 0 Å². The number of hydrogen-bond donors (Lipinski definition) is 1.